The summed E-state index contributed by atoms with van der Waals surface area (Å²) in [6, 6.07) is 7.10. The van der Waals surface area contributed by atoms with E-state index in [4.69, 9.17) is 4.74 Å². The lowest BCUT2D eigenvalue weighted by Crippen LogP contribution is -2.15. The molecule has 1 aromatic carbocycles. The number of hydrogen-bond acceptors (Lipinski definition) is 6. The molecule has 0 radical (unpaired) electrons. The Labute approximate surface area is 154 Å². The number of fused-ring (bicyclic) bond motifs is 2. The highest BCUT2D eigenvalue weighted by atomic mass is 32.1. The minimum Gasteiger partial charge on any atom is -0.458 e. The van der Waals surface area contributed by atoms with E-state index in [0.717, 1.165) is 23.5 Å². The van der Waals surface area contributed by atoms with E-state index < -0.39 is 0 Å². The molecule has 0 bridgehead atoms. The summed E-state index contributed by atoms with van der Waals surface area (Å²) in [5.41, 5.74) is 1.41. The van der Waals surface area contributed by atoms with Gasteiger partial charge in [0.25, 0.3) is 5.56 Å². The van der Waals surface area contributed by atoms with Gasteiger partial charge in [-0.2, -0.15) is 5.10 Å². The van der Waals surface area contributed by atoms with E-state index in [1.54, 1.807) is 29.5 Å². The highest BCUT2D eigenvalue weighted by Gasteiger charge is 2.20. The number of benzene rings is 1. The Morgan fingerprint density at radius 1 is 1.35 bits per heavy atom. The van der Waals surface area contributed by atoms with Crippen LogP contribution in [0.5, 0.6) is 0 Å². The molecular formula is C19H19N3O3S. The van der Waals surface area contributed by atoms with Gasteiger partial charge in [0.1, 0.15) is 11.6 Å². The number of nitrogens with one attached hydrogen (secondary N) is 1. The van der Waals surface area contributed by atoms with Crippen molar-refractivity contribution < 1.29 is 9.53 Å². The Balaban J connectivity index is 1.44. The third-order valence-electron chi connectivity index (χ3n) is 4.67. The van der Waals surface area contributed by atoms with Gasteiger partial charge in [-0.15, -0.1) is 11.3 Å². The summed E-state index contributed by atoms with van der Waals surface area (Å²) < 4.78 is 5.39. The second kappa shape index (κ2) is 6.99. The monoisotopic (exact) mass is 369 g/mol. The topological polar surface area (TPSA) is 84.9 Å². The molecule has 1 aliphatic rings. The van der Waals surface area contributed by atoms with Crippen LogP contribution in [-0.4, -0.2) is 21.2 Å². The number of hydrogen-bond donors (Lipinski definition) is 1. The Bertz CT molecular complexity index is 1020. The zero-order chi connectivity index (χ0) is 18.1. The summed E-state index contributed by atoms with van der Waals surface area (Å²) >= 11 is 1.64. The molecule has 1 aliphatic carbocycles. The average molecular weight is 369 g/mol. The smallest absolute Gasteiger partial charge is 0.312 e. The largest absolute Gasteiger partial charge is 0.458 e. The van der Waals surface area contributed by atoms with E-state index >= 15 is 0 Å². The van der Waals surface area contributed by atoms with Crippen LogP contribution in [0, 0.1) is 5.92 Å². The van der Waals surface area contributed by atoms with Crippen molar-refractivity contribution in [3.63, 3.8) is 0 Å². The predicted molar refractivity (Wildman–Crippen MR) is 99.2 cm³/mol. The number of ether oxygens (including phenoxy) is 1. The first-order valence-corrected chi connectivity index (χ1v) is 9.51. The van der Waals surface area contributed by atoms with Crippen LogP contribution in [0.15, 0.2) is 29.1 Å². The molecule has 6 nitrogen and oxygen atoms in total. The van der Waals surface area contributed by atoms with Gasteiger partial charge in [-0.05, 0) is 31.2 Å². The van der Waals surface area contributed by atoms with Crippen molar-refractivity contribution in [3.8, 4) is 0 Å². The molecule has 0 fully saturated rings. The number of aromatic nitrogens is 3. The van der Waals surface area contributed by atoms with E-state index in [1.807, 2.05) is 6.07 Å². The normalized spacial score (nSPS) is 16.4. The van der Waals surface area contributed by atoms with Crippen LogP contribution in [0.3, 0.4) is 0 Å². The number of aryl methyl sites for hydroxylation is 1. The van der Waals surface area contributed by atoms with Crippen molar-refractivity contribution in [1.29, 1.82) is 0 Å². The first-order valence-electron chi connectivity index (χ1n) is 8.69. The highest BCUT2D eigenvalue weighted by Crippen LogP contribution is 2.30. The molecule has 2 heterocycles. The molecular weight excluding hydrogens is 350 g/mol. The lowest BCUT2D eigenvalue weighted by Gasteiger charge is -2.15. The number of esters is 1. The lowest BCUT2D eigenvalue weighted by atomic mass is 9.93. The standard InChI is InChI=1S/C19H19N3O3S/c1-11-6-7-14-16(8-11)26-17(20-14)10-25-18(23)9-15-12-4-2-3-5-13(12)19(24)22-21-15/h2-5,11H,6-10H2,1H3,(H,22,24). The van der Waals surface area contributed by atoms with Crippen LogP contribution in [0.2, 0.25) is 0 Å². The van der Waals surface area contributed by atoms with E-state index in [1.165, 1.54) is 11.3 Å². The molecule has 1 N–H and O–H groups in total. The highest BCUT2D eigenvalue weighted by molar-refractivity contribution is 7.11. The number of thiazole rings is 1. The predicted octanol–water partition coefficient (Wildman–Crippen LogP) is 2.79. The van der Waals surface area contributed by atoms with E-state index in [2.05, 4.69) is 22.1 Å². The molecule has 0 aliphatic heterocycles. The Kier molecular flexibility index (Phi) is 4.55. The Hall–Kier alpha value is -2.54. The third-order valence-corrected chi connectivity index (χ3v) is 5.77. The lowest BCUT2D eigenvalue weighted by molar-refractivity contribution is -0.144. The summed E-state index contributed by atoms with van der Waals surface area (Å²) in [6.07, 6.45) is 3.25. The first-order chi connectivity index (χ1) is 12.6. The van der Waals surface area contributed by atoms with Crippen molar-refractivity contribution in [1.82, 2.24) is 15.2 Å². The summed E-state index contributed by atoms with van der Waals surface area (Å²) in [4.78, 5) is 30.0. The third kappa shape index (κ3) is 3.39. The van der Waals surface area contributed by atoms with Gasteiger partial charge in [0.05, 0.1) is 23.2 Å². The fourth-order valence-corrected chi connectivity index (χ4v) is 4.48. The quantitative estimate of drug-likeness (QED) is 0.715. The number of nitrogens with zero attached hydrogens (tertiary/aromatic N) is 2. The van der Waals surface area contributed by atoms with Gasteiger partial charge >= 0.3 is 5.97 Å². The van der Waals surface area contributed by atoms with Gasteiger partial charge < -0.3 is 4.74 Å². The van der Waals surface area contributed by atoms with Gasteiger partial charge in [0.15, 0.2) is 0 Å². The molecule has 7 heteroatoms. The zero-order valence-electron chi connectivity index (χ0n) is 14.4. The number of carbonyl (C=O) groups is 1. The van der Waals surface area contributed by atoms with E-state index in [0.29, 0.717) is 22.4 Å². The van der Waals surface area contributed by atoms with Crippen molar-refractivity contribution >= 4 is 28.1 Å². The number of H-pyrrole nitrogens is 1. The molecule has 0 saturated heterocycles. The number of aromatic amines is 1. The SMILES string of the molecule is CC1CCc2nc(COC(=O)Cc3n[nH]c(=O)c4ccccc34)sc2C1. The maximum absolute atomic E-state index is 12.2. The molecule has 0 saturated carbocycles. The molecule has 1 unspecified atom stereocenters. The molecule has 134 valence electrons. The van der Waals surface area contributed by atoms with Crippen LogP contribution in [-0.2, 0) is 35.4 Å². The van der Waals surface area contributed by atoms with Gasteiger partial charge in [-0.1, -0.05) is 25.1 Å². The molecule has 3 aromatic rings. The molecule has 1 atom stereocenters. The molecule has 0 spiro atoms. The Morgan fingerprint density at radius 3 is 3.00 bits per heavy atom. The average Bonchev–Trinajstić information content (AvgIpc) is 3.04. The maximum atomic E-state index is 12.2. The van der Waals surface area contributed by atoms with Crippen LogP contribution in [0.4, 0.5) is 0 Å². The summed E-state index contributed by atoms with van der Waals surface area (Å²) in [7, 11) is 0. The van der Waals surface area contributed by atoms with Gasteiger partial charge in [0.2, 0.25) is 0 Å². The molecule has 2 aromatic heterocycles. The number of rotatable bonds is 4. The van der Waals surface area contributed by atoms with Crippen LogP contribution >= 0.6 is 11.3 Å². The number of carbonyl (C=O) groups excluding carboxylic acids is 1. The first kappa shape index (κ1) is 16.9. The van der Waals surface area contributed by atoms with E-state index in [9.17, 15) is 9.59 Å². The zero-order valence-corrected chi connectivity index (χ0v) is 15.3. The van der Waals surface area contributed by atoms with Crippen molar-refractivity contribution in [2.24, 2.45) is 5.92 Å². The van der Waals surface area contributed by atoms with Gasteiger partial charge in [-0.3, -0.25) is 9.59 Å². The molecule has 0 amide bonds. The van der Waals surface area contributed by atoms with E-state index in [-0.39, 0.29) is 24.6 Å². The van der Waals surface area contributed by atoms with Crippen molar-refractivity contribution in [2.75, 3.05) is 0 Å². The maximum Gasteiger partial charge on any atom is 0.312 e. The van der Waals surface area contributed by atoms with Crippen LogP contribution in [0.25, 0.3) is 10.8 Å². The van der Waals surface area contributed by atoms with Crippen molar-refractivity contribution in [3.05, 3.63) is 55.9 Å². The molecule has 4 rings (SSSR count). The summed E-state index contributed by atoms with van der Waals surface area (Å²) in [5.74, 6) is 0.314. The second-order valence-corrected chi connectivity index (χ2v) is 7.88. The second-order valence-electron chi connectivity index (χ2n) is 6.71. The minimum absolute atomic E-state index is 0.0133. The summed E-state index contributed by atoms with van der Waals surface area (Å²) in [5, 5.41) is 8.48. The van der Waals surface area contributed by atoms with Gasteiger partial charge in [-0.25, -0.2) is 10.1 Å². The fraction of sp³-hybridized carbons (Fsp3) is 0.368. The van der Waals surface area contributed by atoms with Crippen LogP contribution in [0.1, 0.15) is 34.6 Å². The van der Waals surface area contributed by atoms with Crippen molar-refractivity contribution in [2.45, 2.75) is 39.2 Å². The minimum atomic E-state index is -0.378. The fourth-order valence-electron chi connectivity index (χ4n) is 3.29. The van der Waals surface area contributed by atoms with Crippen LogP contribution < -0.4 is 5.56 Å². The Morgan fingerprint density at radius 2 is 2.15 bits per heavy atom. The van der Waals surface area contributed by atoms with Gasteiger partial charge in [0, 0.05) is 10.3 Å². The summed E-state index contributed by atoms with van der Waals surface area (Å²) in [6.45, 7) is 2.44. The molecule has 26 heavy (non-hydrogen) atoms.